The quantitative estimate of drug-likeness (QED) is 0.191. The van der Waals surface area contributed by atoms with E-state index in [2.05, 4.69) is 25.8 Å². The third kappa shape index (κ3) is 4.31. The van der Waals surface area contributed by atoms with Crippen LogP contribution in [0.15, 0.2) is 77.0 Å². The standard InChI is InChI=1S/C30H30N2O5/c1-5-36-24-13-12-18(15-22(24)30(2,3)4)27(33)25-26(21-16-31-23-11-7-6-10-20(21)23)32(29(35)28(25)34)17-19-9-8-14-37-19/h6-16,26,31,33H,5,17H2,1-4H3/b27-25+. The number of nitrogens with one attached hydrogen (secondary N) is 1. The summed E-state index contributed by atoms with van der Waals surface area (Å²) in [6.45, 7) is 8.69. The van der Waals surface area contributed by atoms with Crippen molar-refractivity contribution in [3.63, 3.8) is 0 Å². The summed E-state index contributed by atoms with van der Waals surface area (Å²) in [7, 11) is 0. The number of aliphatic hydroxyl groups excluding tert-OH is 1. The maximum absolute atomic E-state index is 13.5. The molecule has 7 heteroatoms. The minimum absolute atomic E-state index is 0.0466. The monoisotopic (exact) mass is 498 g/mol. The molecule has 0 bridgehead atoms. The van der Waals surface area contributed by atoms with E-state index in [0.717, 1.165) is 27.8 Å². The number of aliphatic hydroxyl groups is 1. The van der Waals surface area contributed by atoms with Gasteiger partial charge in [0.25, 0.3) is 11.7 Å². The van der Waals surface area contributed by atoms with Crippen molar-refractivity contribution in [1.29, 1.82) is 0 Å². The third-order valence-corrected chi connectivity index (χ3v) is 6.72. The summed E-state index contributed by atoms with van der Waals surface area (Å²) < 4.78 is 11.3. The number of likely N-dealkylation sites (tertiary alicyclic amines) is 1. The number of carbonyl (C=O) groups excluding carboxylic acids is 2. The number of aromatic nitrogens is 1. The summed E-state index contributed by atoms with van der Waals surface area (Å²) in [5, 5.41) is 12.5. The van der Waals surface area contributed by atoms with Gasteiger partial charge in [0.2, 0.25) is 0 Å². The van der Waals surface area contributed by atoms with Gasteiger partial charge in [-0.2, -0.15) is 0 Å². The minimum atomic E-state index is -0.800. The molecule has 1 saturated heterocycles. The van der Waals surface area contributed by atoms with Gasteiger partial charge in [0.15, 0.2) is 0 Å². The maximum Gasteiger partial charge on any atom is 0.296 e. The van der Waals surface area contributed by atoms with Crippen molar-refractivity contribution >= 4 is 28.4 Å². The topological polar surface area (TPSA) is 95.8 Å². The summed E-state index contributed by atoms with van der Waals surface area (Å²) in [6, 6.07) is 15.7. The Kier molecular flexibility index (Phi) is 6.15. The first kappa shape index (κ1) is 24.4. The number of aromatic amines is 1. The number of furan rings is 1. The summed E-state index contributed by atoms with van der Waals surface area (Å²) >= 11 is 0. The van der Waals surface area contributed by atoms with Gasteiger partial charge in [-0.3, -0.25) is 9.59 Å². The fourth-order valence-corrected chi connectivity index (χ4v) is 4.96. The zero-order valence-electron chi connectivity index (χ0n) is 21.4. The number of amides is 1. The van der Waals surface area contributed by atoms with Gasteiger partial charge in [0, 0.05) is 33.8 Å². The SMILES string of the molecule is CCOc1ccc(/C(O)=C2\C(=O)C(=O)N(Cc3ccco3)C2c2c[nH]c3ccccc23)cc1C(C)(C)C. The van der Waals surface area contributed by atoms with Crippen LogP contribution < -0.4 is 4.74 Å². The zero-order chi connectivity index (χ0) is 26.3. The summed E-state index contributed by atoms with van der Waals surface area (Å²) in [5.74, 6) is -0.370. The van der Waals surface area contributed by atoms with Crippen molar-refractivity contribution < 1.29 is 23.8 Å². The van der Waals surface area contributed by atoms with Crippen LogP contribution in [0, 0.1) is 0 Å². The van der Waals surface area contributed by atoms with E-state index in [1.54, 1.807) is 30.5 Å². The van der Waals surface area contributed by atoms with Crippen LogP contribution in [-0.2, 0) is 21.5 Å². The Balaban J connectivity index is 1.71. The number of H-pyrrole nitrogens is 1. The number of ketones is 1. The van der Waals surface area contributed by atoms with Crippen LogP contribution in [-0.4, -0.2) is 33.3 Å². The second-order valence-electron chi connectivity index (χ2n) is 10.2. The molecule has 3 heterocycles. The number of benzene rings is 2. The Hall–Kier alpha value is -4.26. The Labute approximate surface area is 215 Å². The van der Waals surface area contributed by atoms with Gasteiger partial charge < -0.3 is 24.1 Å². The van der Waals surface area contributed by atoms with Crippen molar-refractivity contribution in [2.75, 3.05) is 6.61 Å². The number of hydrogen-bond donors (Lipinski definition) is 2. The van der Waals surface area contributed by atoms with E-state index >= 15 is 0 Å². The van der Waals surface area contributed by atoms with Gasteiger partial charge in [-0.05, 0) is 48.7 Å². The van der Waals surface area contributed by atoms with Crippen LogP contribution in [0.25, 0.3) is 16.7 Å². The lowest BCUT2D eigenvalue weighted by atomic mass is 9.84. The molecule has 7 nitrogen and oxygen atoms in total. The van der Waals surface area contributed by atoms with Crippen LogP contribution in [0.4, 0.5) is 0 Å². The highest BCUT2D eigenvalue weighted by molar-refractivity contribution is 6.46. The highest BCUT2D eigenvalue weighted by atomic mass is 16.5. The lowest BCUT2D eigenvalue weighted by Gasteiger charge is -2.25. The maximum atomic E-state index is 13.5. The molecule has 1 aliphatic heterocycles. The Bertz CT molecular complexity index is 1500. The van der Waals surface area contributed by atoms with E-state index in [0.29, 0.717) is 17.9 Å². The number of nitrogens with zero attached hydrogens (tertiary/aromatic N) is 1. The number of carbonyl (C=O) groups is 2. The van der Waals surface area contributed by atoms with E-state index in [9.17, 15) is 14.7 Å². The Morgan fingerprint density at radius 2 is 1.89 bits per heavy atom. The summed E-state index contributed by atoms with van der Waals surface area (Å²) in [4.78, 5) is 31.5. The molecular weight excluding hydrogens is 468 g/mol. The molecule has 0 aliphatic carbocycles. The molecule has 2 aromatic heterocycles. The fourth-order valence-electron chi connectivity index (χ4n) is 4.96. The molecule has 190 valence electrons. The molecule has 5 rings (SSSR count). The van der Waals surface area contributed by atoms with Gasteiger partial charge in [-0.1, -0.05) is 39.0 Å². The van der Waals surface area contributed by atoms with Crippen molar-refractivity contribution in [2.45, 2.75) is 45.7 Å². The Morgan fingerprint density at radius 3 is 2.59 bits per heavy atom. The number of para-hydroxylation sites is 1. The molecule has 37 heavy (non-hydrogen) atoms. The highest BCUT2D eigenvalue weighted by Gasteiger charge is 2.47. The molecule has 1 amide bonds. The highest BCUT2D eigenvalue weighted by Crippen LogP contribution is 2.43. The summed E-state index contributed by atoms with van der Waals surface area (Å²) in [6.07, 6.45) is 3.32. The van der Waals surface area contributed by atoms with Crippen LogP contribution in [0.3, 0.4) is 0 Å². The van der Waals surface area contributed by atoms with E-state index in [1.807, 2.05) is 37.3 Å². The lowest BCUT2D eigenvalue weighted by molar-refractivity contribution is -0.140. The largest absolute Gasteiger partial charge is 0.507 e. The zero-order valence-corrected chi connectivity index (χ0v) is 21.4. The van der Waals surface area contributed by atoms with Crippen molar-refractivity contribution in [3.05, 3.63) is 95.1 Å². The van der Waals surface area contributed by atoms with E-state index in [-0.39, 0.29) is 23.3 Å². The molecule has 1 fully saturated rings. The number of fused-ring (bicyclic) bond motifs is 1. The van der Waals surface area contributed by atoms with E-state index < -0.39 is 17.7 Å². The molecule has 1 aliphatic rings. The molecule has 0 saturated carbocycles. The van der Waals surface area contributed by atoms with Crippen molar-refractivity contribution in [2.24, 2.45) is 0 Å². The van der Waals surface area contributed by atoms with Crippen LogP contribution in [0.2, 0.25) is 0 Å². The average Bonchev–Trinajstić information content (AvgIpc) is 3.59. The first-order chi connectivity index (χ1) is 17.7. The van der Waals surface area contributed by atoms with Gasteiger partial charge >= 0.3 is 0 Å². The van der Waals surface area contributed by atoms with Crippen LogP contribution in [0.5, 0.6) is 5.75 Å². The minimum Gasteiger partial charge on any atom is -0.507 e. The Morgan fingerprint density at radius 1 is 1.11 bits per heavy atom. The van der Waals surface area contributed by atoms with E-state index in [4.69, 9.17) is 9.15 Å². The molecular formula is C30H30N2O5. The van der Waals surface area contributed by atoms with Gasteiger partial charge in [-0.25, -0.2) is 0 Å². The number of Topliss-reactive ketones (excluding diaryl/α,β-unsaturated/α-hetero) is 1. The number of rotatable bonds is 6. The molecule has 1 unspecified atom stereocenters. The molecule has 4 aromatic rings. The van der Waals surface area contributed by atoms with E-state index in [1.165, 1.54) is 11.2 Å². The first-order valence-corrected chi connectivity index (χ1v) is 12.3. The predicted octanol–water partition coefficient (Wildman–Crippen LogP) is 6.08. The molecule has 0 radical (unpaired) electrons. The first-order valence-electron chi connectivity index (χ1n) is 12.3. The number of ether oxygens (including phenoxy) is 1. The lowest BCUT2D eigenvalue weighted by Crippen LogP contribution is -2.29. The van der Waals surface area contributed by atoms with Crippen molar-refractivity contribution in [1.82, 2.24) is 9.88 Å². The predicted molar refractivity (Wildman–Crippen MR) is 141 cm³/mol. The second-order valence-corrected chi connectivity index (χ2v) is 10.2. The molecule has 1 atom stereocenters. The smallest absolute Gasteiger partial charge is 0.296 e. The fraction of sp³-hybridized carbons (Fsp3) is 0.267. The van der Waals surface area contributed by atoms with Crippen LogP contribution in [0.1, 0.15) is 56.2 Å². The third-order valence-electron chi connectivity index (χ3n) is 6.72. The van der Waals surface area contributed by atoms with Gasteiger partial charge in [0.05, 0.1) is 31.0 Å². The molecule has 0 spiro atoms. The second kappa shape index (κ2) is 9.32. The normalized spacial score (nSPS) is 17.6. The van der Waals surface area contributed by atoms with Gasteiger partial charge in [-0.15, -0.1) is 0 Å². The number of hydrogen-bond acceptors (Lipinski definition) is 5. The molecule has 2 N–H and O–H groups in total. The van der Waals surface area contributed by atoms with Crippen molar-refractivity contribution in [3.8, 4) is 5.75 Å². The average molecular weight is 499 g/mol. The molecule has 2 aromatic carbocycles. The van der Waals surface area contributed by atoms with Crippen LogP contribution >= 0.6 is 0 Å². The van der Waals surface area contributed by atoms with Gasteiger partial charge in [0.1, 0.15) is 17.3 Å². The summed E-state index contributed by atoms with van der Waals surface area (Å²) in [5.41, 5.74) is 2.72.